The topological polar surface area (TPSA) is 90.4 Å². The number of aromatic nitrogens is 3. The van der Waals surface area contributed by atoms with Crippen LogP contribution in [-0.4, -0.2) is 40.9 Å². The Bertz CT molecular complexity index is 1000. The lowest BCUT2D eigenvalue weighted by molar-refractivity contribution is -0.154. The summed E-state index contributed by atoms with van der Waals surface area (Å²) in [5.74, 6) is 1.30. The number of hydrogen-bond acceptors (Lipinski definition) is 8. The van der Waals surface area contributed by atoms with Gasteiger partial charge in [0.05, 0.1) is 0 Å². The molecule has 8 nitrogen and oxygen atoms in total. The van der Waals surface area contributed by atoms with Crippen molar-refractivity contribution in [1.29, 1.82) is 0 Å². The number of halogens is 3. The molecule has 4 aliphatic rings. The van der Waals surface area contributed by atoms with E-state index in [0.717, 1.165) is 0 Å². The molecule has 2 aromatic carbocycles. The van der Waals surface area contributed by atoms with E-state index >= 15 is 0 Å². The summed E-state index contributed by atoms with van der Waals surface area (Å²) in [7, 11) is 0. The number of nitrogens with zero attached hydrogens (tertiary/aromatic N) is 3. The molecular formula is C21H18F3N5O3. The number of rotatable bonds is 2. The second kappa shape index (κ2) is 9.41. The van der Waals surface area contributed by atoms with E-state index in [1.54, 1.807) is 48.5 Å². The van der Waals surface area contributed by atoms with E-state index in [1.165, 1.54) is 0 Å². The van der Waals surface area contributed by atoms with E-state index < -0.39 is 18.8 Å². The molecule has 5 heterocycles. The van der Waals surface area contributed by atoms with Gasteiger partial charge in [-0.15, -0.1) is 0 Å². The average molecular weight is 445 g/mol. The molecule has 7 rings (SSSR count). The third-order valence-corrected chi connectivity index (χ3v) is 4.06. The Morgan fingerprint density at radius 1 is 0.750 bits per heavy atom. The molecule has 0 radical (unpaired) electrons. The van der Waals surface area contributed by atoms with Gasteiger partial charge < -0.3 is 24.8 Å². The van der Waals surface area contributed by atoms with Crippen LogP contribution < -0.4 is 24.8 Å². The third kappa shape index (κ3) is 6.24. The van der Waals surface area contributed by atoms with Crippen LogP contribution in [0.2, 0.25) is 0 Å². The van der Waals surface area contributed by atoms with Crippen molar-refractivity contribution in [3.05, 3.63) is 60.7 Å². The number of hydrogen-bond donors (Lipinski definition) is 2. The fourth-order valence-electron chi connectivity index (χ4n) is 2.63. The Morgan fingerprint density at radius 2 is 1.22 bits per heavy atom. The van der Waals surface area contributed by atoms with Crippen LogP contribution in [0.3, 0.4) is 0 Å². The fraction of sp³-hybridized carbons (Fsp3) is 0.190. The monoisotopic (exact) mass is 445 g/mol. The van der Waals surface area contributed by atoms with Crippen molar-refractivity contribution < 1.29 is 27.4 Å². The number of benzene rings is 2. The lowest BCUT2D eigenvalue weighted by Crippen LogP contribution is -2.20. The highest BCUT2D eigenvalue weighted by molar-refractivity contribution is 5.59. The summed E-state index contributed by atoms with van der Waals surface area (Å²) in [6.07, 6.45) is -0.828. The summed E-state index contributed by atoms with van der Waals surface area (Å²) in [5.41, 5.74) is 1.20. The van der Waals surface area contributed by atoms with Gasteiger partial charge in [-0.2, -0.15) is 28.1 Å². The zero-order valence-electron chi connectivity index (χ0n) is 16.6. The van der Waals surface area contributed by atoms with Gasteiger partial charge in [0.2, 0.25) is 11.9 Å². The van der Waals surface area contributed by atoms with Crippen molar-refractivity contribution in [2.75, 3.05) is 30.5 Å². The van der Waals surface area contributed by atoms with Crippen LogP contribution in [0.5, 0.6) is 17.5 Å². The fourth-order valence-corrected chi connectivity index (χ4v) is 2.63. The van der Waals surface area contributed by atoms with E-state index in [1.807, 2.05) is 12.2 Å². The Morgan fingerprint density at radius 3 is 1.66 bits per heavy atom. The van der Waals surface area contributed by atoms with Gasteiger partial charge in [0.25, 0.3) is 0 Å². The first-order valence-electron chi connectivity index (χ1n) is 9.53. The maximum absolute atomic E-state index is 12.6. The molecule has 4 aliphatic heterocycles. The van der Waals surface area contributed by atoms with Gasteiger partial charge in [-0.3, -0.25) is 0 Å². The molecule has 32 heavy (non-hydrogen) atoms. The number of ether oxygens (including phenoxy) is 3. The minimum atomic E-state index is -4.53. The molecule has 0 spiro atoms. The van der Waals surface area contributed by atoms with Crippen LogP contribution in [0.15, 0.2) is 60.7 Å². The van der Waals surface area contributed by atoms with Crippen LogP contribution in [-0.2, 0) is 0 Å². The maximum Gasteiger partial charge on any atom is 0.422 e. The molecule has 6 bridgehead atoms. The highest BCUT2D eigenvalue weighted by Gasteiger charge is 2.29. The molecule has 0 aliphatic carbocycles. The lowest BCUT2D eigenvalue weighted by atomic mass is 10.3. The van der Waals surface area contributed by atoms with E-state index in [0.29, 0.717) is 36.1 Å². The van der Waals surface area contributed by atoms with Crippen molar-refractivity contribution in [3.63, 3.8) is 0 Å². The van der Waals surface area contributed by atoms with Crippen molar-refractivity contribution in [3.8, 4) is 17.5 Å². The Balaban J connectivity index is 1.65. The van der Waals surface area contributed by atoms with Crippen molar-refractivity contribution in [2.45, 2.75) is 6.18 Å². The number of nitrogens with one attached hydrogen (secondary N) is 2. The van der Waals surface area contributed by atoms with Crippen LogP contribution in [0.1, 0.15) is 0 Å². The highest BCUT2D eigenvalue weighted by atomic mass is 19.4. The Kier molecular flexibility index (Phi) is 6.24. The first-order chi connectivity index (χ1) is 15.4. The molecular weight excluding hydrogens is 427 g/mol. The highest BCUT2D eigenvalue weighted by Crippen LogP contribution is 2.24. The van der Waals surface area contributed by atoms with Gasteiger partial charge in [-0.1, -0.05) is 0 Å². The standard InChI is InChI=1S/C21H18F3N5O3/c22-21(23,24)13-32-20-28-18-25-14-3-7-16(8-4-14)30-11-1-2-12-31-17-9-5-15(6-10-17)26-19(27-18)29-20/h1-10H,11-13H2,(H2,25,26,27,28,29)/b2-1+. The van der Waals surface area contributed by atoms with Gasteiger partial charge in [-0.25, -0.2) is 0 Å². The predicted octanol–water partition coefficient (Wildman–Crippen LogP) is 4.63. The summed E-state index contributed by atoms with van der Waals surface area (Å²) >= 11 is 0. The summed E-state index contributed by atoms with van der Waals surface area (Å²) in [5, 5.41) is 5.86. The zero-order chi connectivity index (χ0) is 22.4. The van der Waals surface area contributed by atoms with Crippen LogP contribution in [0.4, 0.5) is 36.4 Å². The zero-order valence-corrected chi connectivity index (χ0v) is 16.6. The molecule has 0 saturated carbocycles. The molecule has 0 atom stereocenters. The van der Waals surface area contributed by atoms with Gasteiger partial charge in [0, 0.05) is 11.4 Å². The van der Waals surface area contributed by atoms with Crippen LogP contribution in [0, 0.1) is 0 Å². The lowest BCUT2D eigenvalue weighted by Gasteiger charge is -2.12. The molecule has 3 aromatic rings. The Hall–Kier alpha value is -4.02. The van der Waals surface area contributed by atoms with Crippen LogP contribution in [0.25, 0.3) is 0 Å². The minimum absolute atomic E-state index is 0.00847. The molecule has 11 heteroatoms. The Labute approximate surface area is 181 Å². The van der Waals surface area contributed by atoms with Gasteiger partial charge in [0.15, 0.2) is 6.61 Å². The van der Waals surface area contributed by atoms with Crippen molar-refractivity contribution in [1.82, 2.24) is 15.0 Å². The average Bonchev–Trinajstić information content (AvgIpc) is 2.76. The molecule has 0 saturated heterocycles. The van der Waals surface area contributed by atoms with E-state index in [9.17, 15) is 13.2 Å². The van der Waals surface area contributed by atoms with Gasteiger partial charge >= 0.3 is 12.2 Å². The second-order valence-corrected chi connectivity index (χ2v) is 6.56. The minimum Gasteiger partial charge on any atom is -0.490 e. The smallest absolute Gasteiger partial charge is 0.422 e. The largest absolute Gasteiger partial charge is 0.490 e. The van der Waals surface area contributed by atoms with E-state index in [4.69, 9.17) is 14.2 Å². The van der Waals surface area contributed by atoms with Gasteiger partial charge in [0.1, 0.15) is 24.7 Å². The molecule has 166 valence electrons. The second-order valence-electron chi connectivity index (χ2n) is 6.56. The molecule has 0 amide bonds. The van der Waals surface area contributed by atoms with E-state index in [2.05, 4.69) is 25.6 Å². The third-order valence-electron chi connectivity index (χ3n) is 4.06. The normalized spacial score (nSPS) is 14.6. The summed E-state index contributed by atoms with van der Waals surface area (Å²) < 4.78 is 53.7. The first-order valence-corrected chi connectivity index (χ1v) is 9.53. The number of alkyl halides is 3. The molecule has 0 fully saturated rings. The van der Waals surface area contributed by atoms with Crippen molar-refractivity contribution >= 4 is 23.3 Å². The van der Waals surface area contributed by atoms with Crippen LogP contribution >= 0.6 is 0 Å². The van der Waals surface area contributed by atoms with Crippen molar-refractivity contribution in [2.24, 2.45) is 0 Å². The SMILES string of the molecule is FC(F)(F)COc1nc2nc(n1)Nc1ccc(cc1)OC/C=C/COc1ccc(cc1)N2. The molecule has 0 unspecified atom stereocenters. The van der Waals surface area contributed by atoms with Gasteiger partial charge in [-0.05, 0) is 60.7 Å². The molecule has 2 N–H and O–H groups in total. The summed E-state index contributed by atoms with van der Waals surface area (Å²) in [6, 6.07) is 13.4. The quantitative estimate of drug-likeness (QED) is 0.552. The molecule has 1 aromatic heterocycles. The summed E-state index contributed by atoms with van der Waals surface area (Å²) in [6.45, 7) is -0.784. The van der Waals surface area contributed by atoms with E-state index in [-0.39, 0.29) is 11.9 Å². The first kappa shape index (κ1) is 21.2. The summed E-state index contributed by atoms with van der Waals surface area (Å²) in [4.78, 5) is 12.1. The number of anilines is 4. The predicted molar refractivity (Wildman–Crippen MR) is 111 cm³/mol. The maximum atomic E-state index is 12.6.